The fourth-order valence-corrected chi connectivity index (χ4v) is 8.79. The normalized spacial score (nSPS) is 12.9. The molecule has 0 saturated carbocycles. The largest absolute Gasteiger partial charge is 2.00 e. The summed E-state index contributed by atoms with van der Waals surface area (Å²) >= 11 is 0. The van der Waals surface area contributed by atoms with Crippen LogP contribution in [0.25, 0.3) is 90.9 Å². The number of phenols is 4. The number of nitrogens with zero attached hydrogens (tertiary/aromatic N) is 8. The Morgan fingerprint density at radius 1 is 0.333 bits per heavy atom. The SMILES string of the molecule is C[N+](C)(C)c1cc(-c2c3nc(c(-c4c(O)cccc4O)c4ccc([n-]4)c(-c4cc([N+](C)(C)C)cc([N+](C)(C)C)c4)c4nc(c(-c5c(O)cccc5O)c5ccc2[n-]5)C=C4)C=C3)cc([N+](C)(C)C)c1.[Fe+2]. The Hall–Kier alpha value is -6.96. The van der Waals surface area contributed by atoms with Gasteiger partial charge in [0.2, 0.25) is 0 Å². The van der Waals surface area contributed by atoms with Crippen LogP contribution in [0, 0.1) is 0 Å². The molecule has 0 fully saturated rings. The van der Waals surface area contributed by atoms with Crippen LogP contribution in [0.4, 0.5) is 22.7 Å². The van der Waals surface area contributed by atoms with E-state index in [0.29, 0.717) is 73.9 Å². The minimum atomic E-state index is -0.122. The summed E-state index contributed by atoms with van der Waals surface area (Å²) in [6, 6.07) is 30.2. The first-order valence-corrected chi connectivity index (χ1v) is 22.5. The number of rotatable bonds is 8. The van der Waals surface area contributed by atoms with Crippen molar-refractivity contribution in [2.24, 2.45) is 0 Å². The first kappa shape index (κ1) is 48.5. The van der Waals surface area contributed by atoms with E-state index in [1.807, 2.05) is 48.6 Å². The van der Waals surface area contributed by atoms with Gasteiger partial charge in [0.1, 0.15) is 45.7 Å². The summed E-state index contributed by atoms with van der Waals surface area (Å²) in [5, 5.41) is 46.3. The molecule has 0 unspecified atom stereocenters. The molecule has 5 heterocycles. The third-order valence-electron chi connectivity index (χ3n) is 12.6. The number of phenolic OH excluding ortho intramolecular Hbond substituents is 4. The first-order chi connectivity index (χ1) is 31.9. The second kappa shape index (κ2) is 17.2. The van der Waals surface area contributed by atoms with Gasteiger partial charge in [-0.15, -0.1) is 22.1 Å². The summed E-state index contributed by atoms with van der Waals surface area (Å²) < 4.78 is 2.20. The van der Waals surface area contributed by atoms with Gasteiger partial charge in [0.25, 0.3) is 0 Å². The van der Waals surface area contributed by atoms with E-state index in [9.17, 15) is 20.4 Å². The molecule has 4 aromatic carbocycles. The molecule has 352 valence electrons. The zero-order valence-corrected chi connectivity index (χ0v) is 42.4. The van der Waals surface area contributed by atoms with E-state index in [2.05, 4.69) is 121 Å². The summed E-state index contributed by atoms with van der Waals surface area (Å²) in [6.45, 7) is 0. The van der Waals surface area contributed by atoms with E-state index >= 15 is 0 Å². The maximum atomic E-state index is 11.6. The van der Waals surface area contributed by atoms with Crippen molar-refractivity contribution in [2.75, 3.05) is 84.6 Å². The standard InChI is InChI=1S/C56H58N8O4.Fe/c1-61(2,3)35-27-33(28-36(31-35)62(4,5)6)51-39-19-23-43(57-39)53(55-47(65)15-13-16-48(55)66)45-25-21-41(59-45)52(34-29-37(63(7,8)9)32-38(30-34)64(10,11)12)42-22-26-46(60-42)54(44-24-20-40(51)58-44)56-49(67)17-14-18-50(56)68;/h13-32H,1-12H3,(H2-4,57,58,59,60,65,66,67,68);/q;+2/p+2. The summed E-state index contributed by atoms with van der Waals surface area (Å²) in [5.74, 6) is -0.487. The number of aromatic hydroxyl groups is 4. The molecule has 0 atom stereocenters. The number of hydrogen-bond donors (Lipinski definition) is 4. The van der Waals surface area contributed by atoms with Crippen LogP contribution in [-0.4, -0.2) is 115 Å². The number of benzene rings is 4. The van der Waals surface area contributed by atoms with Gasteiger partial charge in [0, 0.05) is 35.4 Å². The van der Waals surface area contributed by atoms with Gasteiger partial charge < -0.3 is 30.4 Å². The van der Waals surface area contributed by atoms with Crippen LogP contribution in [-0.2, 0) is 17.1 Å². The second-order valence-corrected chi connectivity index (χ2v) is 21.2. The Morgan fingerprint density at radius 2 is 0.580 bits per heavy atom. The molecule has 69 heavy (non-hydrogen) atoms. The van der Waals surface area contributed by atoms with Gasteiger partial charge >= 0.3 is 17.1 Å². The monoisotopic (exact) mass is 964 g/mol. The van der Waals surface area contributed by atoms with Gasteiger partial charge in [-0.25, -0.2) is 9.97 Å². The molecule has 0 radical (unpaired) electrons. The Kier molecular flexibility index (Phi) is 12.1. The molecular weight excluding hydrogens is 905 g/mol. The van der Waals surface area contributed by atoms with E-state index in [4.69, 9.17) is 19.9 Å². The van der Waals surface area contributed by atoms with Crippen LogP contribution in [0.3, 0.4) is 0 Å². The molecule has 8 bridgehead atoms. The van der Waals surface area contributed by atoms with E-state index < -0.39 is 0 Å². The number of quaternary nitrogens is 4. The summed E-state index contributed by atoms with van der Waals surface area (Å²) in [6.07, 6.45) is 7.66. The number of hydrogen-bond acceptors (Lipinski definition) is 6. The van der Waals surface area contributed by atoms with Crippen molar-refractivity contribution in [3.63, 3.8) is 0 Å². The second-order valence-electron chi connectivity index (χ2n) is 21.2. The van der Waals surface area contributed by atoms with Crippen LogP contribution in [0.1, 0.15) is 22.8 Å². The molecule has 9 rings (SSSR count). The Morgan fingerprint density at radius 3 is 0.841 bits per heavy atom. The van der Waals surface area contributed by atoms with E-state index in [-0.39, 0.29) is 51.2 Å². The van der Waals surface area contributed by atoms with Crippen molar-refractivity contribution in [1.82, 2.24) is 37.9 Å². The number of fused-ring (bicyclic) bond motifs is 8. The van der Waals surface area contributed by atoms with Crippen LogP contribution < -0.4 is 27.9 Å². The molecule has 3 aromatic heterocycles. The topological polar surface area (TPSA) is 135 Å². The predicted molar refractivity (Wildman–Crippen MR) is 283 cm³/mol. The molecule has 0 amide bonds. The summed E-state index contributed by atoms with van der Waals surface area (Å²) in [7, 11) is 25.6. The first-order valence-electron chi connectivity index (χ1n) is 22.5. The van der Waals surface area contributed by atoms with Gasteiger partial charge in [0.05, 0.1) is 131 Å². The molecule has 0 spiro atoms. The van der Waals surface area contributed by atoms with E-state index in [1.54, 1.807) is 36.4 Å². The van der Waals surface area contributed by atoms with Gasteiger partial charge in [0.15, 0.2) is 0 Å². The van der Waals surface area contributed by atoms with Crippen molar-refractivity contribution < 1.29 is 37.5 Å². The third kappa shape index (κ3) is 9.08. The molecule has 0 aliphatic carbocycles. The molecule has 0 saturated heterocycles. The Balaban J connectivity index is 0.00000642. The van der Waals surface area contributed by atoms with Gasteiger partial charge in [-0.2, -0.15) is 0 Å². The maximum absolute atomic E-state index is 11.6. The molecule has 7 aromatic rings. The third-order valence-corrected chi connectivity index (χ3v) is 12.6. The Labute approximate surface area is 414 Å². The predicted octanol–water partition coefficient (Wildman–Crippen LogP) is 10.2. The van der Waals surface area contributed by atoms with Crippen LogP contribution in [0.2, 0.25) is 0 Å². The fourth-order valence-electron chi connectivity index (χ4n) is 8.79. The molecule has 4 N–H and O–H groups in total. The minimum absolute atomic E-state index is 0. The van der Waals surface area contributed by atoms with Crippen molar-refractivity contribution >= 4 is 69.1 Å². The number of aromatic nitrogens is 4. The average Bonchev–Trinajstić information content (AvgIpc) is 4.09. The molecule has 2 aliphatic heterocycles. The van der Waals surface area contributed by atoms with Gasteiger partial charge in [-0.05, 0) is 70.8 Å². The van der Waals surface area contributed by atoms with E-state index in [0.717, 1.165) is 45.0 Å². The van der Waals surface area contributed by atoms with E-state index in [1.165, 1.54) is 0 Å². The van der Waals surface area contributed by atoms with Crippen molar-refractivity contribution in [3.05, 3.63) is 120 Å². The van der Waals surface area contributed by atoms with Crippen LogP contribution >= 0.6 is 0 Å². The van der Waals surface area contributed by atoms with Crippen LogP contribution in [0.15, 0.2) is 97.1 Å². The van der Waals surface area contributed by atoms with Gasteiger partial charge in [-0.3, -0.25) is 17.9 Å². The molecule has 12 nitrogen and oxygen atoms in total. The summed E-state index contributed by atoms with van der Waals surface area (Å²) in [5.41, 5.74) is 13.1. The average molecular weight is 965 g/mol. The maximum Gasteiger partial charge on any atom is 2.00 e. The van der Waals surface area contributed by atoms with Crippen molar-refractivity contribution in [1.29, 1.82) is 0 Å². The zero-order chi connectivity index (χ0) is 48.8. The smallest absolute Gasteiger partial charge is 0.657 e. The van der Waals surface area contributed by atoms with Crippen molar-refractivity contribution in [2.45, 2.75) is 0 Å². The van der Waals surface area contributed by atoms with Crippen molar-refractivity contribution in [3.8, 4) is 67.5 Å². The van der Waals surface area contributed by atoms with Gasteiger partial charge in [-0.1, -0.05) is 36.4 Å². The zero-order valence-electron chi connectivity index (χ0n) is 41.3. The molecule has 2 aliphatic rings. The fraction of sp³-hybridized carbons (Fsp3) is 0.214. The molecular formula is C56H60FeN8O4+4. The molecule has 13 heteroatoms. The summed E-state index contributed by atoms with van der Waals surface area (Å²) in [4.78, 5) is 21.5. The Bertz CT molecular complexity index is 3110. The minimum Gasteiger partial charge on any atom is -0.657 e. The quantitative estimate of drug-likeness (QED) is 0.0874. The van der Waals surface area contributed by atoms with Crippen LogP contribution in [0.5, 0.6) is 23.0 Å².